The van der Waals surface area contributed by atoms with Crippen LogP contribution in [-0.2, 0) is 0 Å². The summed E-state index contributed by atoms with van der Waals surface area (Å²) < 4.78 is 0. The molecule has 0 fully saturated rings. The third-order valence-electron chi connectivity index (χ3n) is 0.325. The minimum atomic E-state index is 0.402. The predicted octanol–water partition coefficient (Wildman–Crippen LogP) is 1.33. The van der Waals surface area contributed by atoms with Crippen molar-refractivity contribution in [1.82, 2.24) is 0 Å². The molecule has 0 N–H and O–H groups in total. The molecule has 2 heteroatoms. The van der Waals surface area contributed by atoms with Crippen molar-refractivity contribution in [2.45, 2.75) is 0 Å². The van der Waals surface area contributed by atoms with Gasteiger partial charge in [0.05, 0.1) is 5.81 Å². The molecule has 0 rings (SSSR count). The first-order chi connectivity index (χ1) is 2.91. The van der Waals surface area contributed by atoms with Crippen molar-refractivity contribution >= 4 is 8.58 Å². The zero-order valence-corrected chi connectivity index (χ0v) is 4.44. The molecule has 0 bridgehead atoms. The molecule has 0 aromatic carbocycles. The molecule has 0 saturated carbocycles. The van der Waals surface area contributed by atoms with E-state index >= 15 is 0 Å². The Labute approximate surface area is 39.5 Å². The van der Waals surface area contributed by atoms with Gasteiger partial charge in [0.2, 0.25) is 0 Å². The number of allylic oxidation sites excluding steroid dienone is 1. The summed E-state index contributed by atoms with van der Waals surface area (Å²) in [7, 11) is 0.402. The van der Waals surface area contributed by atoms with E-state index in [1.165, 1.54) is 0 Å². The van der Waals surface area contributed by atoms with E-state index in [0.29, 0.717) is 8.58 Å². The highest BCUT2D eigenvalue weighted by molar-refractivity contribution is 7.43. The van der Waals surface area contributed by atoms with Crippen molar-refractivity contribution in [2.75, 3.05) is 6.16 Å². The molecule has 32 valence electrons. The van der Waals surface area contributed by atoms with Gasteiger partial charge >= 0.3 is 0 Å². The van der Waals surface area contributed by atoms with Gasteiger partial charge in [0.1, 0.15) is 0 Å². The van der Waals surface area contributed by atoms with Crippen LogP contribution in [0.5, 0.6) is 0 Å². The second kappa shape index (κ2) is 4.66. The molecule has 0 aliphatic carbocycles. The fourth-order valence-corrected chi connectivity index (χ4v) is 0.353. The van der Waals surface area contributed by atoms with E-state index in [4.69, 9.17) is 5.26 Å². The van der Waals surface area contributed by atoms with Gasteiger partial charge in [-0.15, -0.1) is 6.58 Å². The molecule has 0 aromatic rings. The maximum absolute atomic E-state index is 7.91. The van der Waals surface area contributed by atoms with Gasteiger partial charge in [-0.1, -0.05) is 6.08 Å². The Balaban J connectivity index is 2.72. The standard InChI is InChI=1S/C4H6NP/c1-2-3-6-4-5/h2,6H,1,3H2. The quantitative estimate of drug-likeness (QED) is 0.291. The van der Waals surface area contributed by atoms with Crippen molar-refractivity contribution in [3.8, 4) is 5.81 Å². The first-order valence-corrected chi connectivity index (χ1v) is 2.85. The predicted molar refractivity (Wildman–Crippen MR) is 29.0 cm³/mol. The van der Waals surface area contributed by atoms with E-state index in [0.717, 1.165) is 6.16 Å². The zero-order valence-electron chi connectivity index (χ0n) is 3.44. The van der Waals surface area contributed by atoms with Crippen LogP contribution in [0.1, 0.15) is 0 Å². The lowest BCUT2D eigenvalue weighted by Gasteiger charge is -1.71. The minimum Gasteiger partial charge on any atom is -0.194 e. The van der Waals surface area contributed by atoms with Crippen LogP contribution in [0.15, 0.2) is 12.7 Å². The molecule has 1 unspecified atom stereocenters. The van der Waals surface area contributed by atoms with Crippen LogP contribution in [-0.4, -0.2) is 6.16 Å². The third-order valence-corrected chi connectivity index (χ3v) is 0.976. The Morgan fingerprint density at radius 3 is 2.83 bits per heavy atom. The van der Waals surface area contributed by atoms with Crippen LogP contribution in [0.3, 0.4) is 0 Å². The lowest BCUT2D eigenvalue weighted by Crippen LogP contribution is -1.53. The Morgan fingerprint density at radius 2 is 2.67 bits per heavy atom. The molecule has 0 aliphatic heterocycles. The number of rotatable bonds is 2. The van der Waals surface area contributed by atoms with E-state index in [-0.39, 0.29) is 0 Å². The number of nitrogens with zero attached hydrogens (tertiary/aromatic N) is 1. The van der Waals surface area contributed by atoms with Gasteiger partial charge < -0.3 is 0 Å². The molecule has 0 heterocycles. The highest BCUT2D eigenvalue weighted by Crippen LogP contribution is 2.03. The van der Waals surface area contributed by atoms with Crippen LogP contribution in [0.2, 0.25) is 0 Å². The summed E-state index contributed by atoms with van der Waals surface area (Å²) in [5, 5.41) is 7.91. The van der Waals surface area contributed by atoms with E-state index in [1.807, 2.05) is 5.81 Å². The molecule has 6 heavy (non-hydrogen) atoms. The molecule has 1 atom stereocenters. The molecule has 0 spiro atoms. The van der Waals surface area contributed by atoms with Crippen LogP contribution >= 0.6 is 8.58 Å². The Morgan fingerprint density at radius 1 is 2.00 bits per heavy atom. The smallest absolute Gasteiger partial charge is 0.0841 e. The SMILES string of the molecule is C=CCPC#N. The maximum atomic E-state index is 7.91. The summed E-state index contributed by atoms with van der Waals surface area (Å²) in [6, 6.07) is 0. The molecule has 1 nitrogen and oxygen atoms in total. The van der Waals surface area contributed by atoms with E-state index in [1.54, 1.807) is 6.08 Å². The van der Waals surface area contributed by atoms with Gasteiger partial charge in [0, 0.05) is 0 Å². The summed E-state index contributed by atoms with van der Waals surface area (Å²) in [6.45, 7) is 3.45. The van der Waals surface area contributed by atoms with Crippen LogP contribution in [0.4, 0.5) is 0 Å². The normalized spacial score (nSPS) is 8.50. The fraction of sp³-hybridized carbons (Fsp3) is 0.250. The van der Waals surface area contributed by atoms with Crippen molar-refractivity contribution < 1.29 is 0 Å². The molecule has 0 saturated heterocycles. The van der Waals surface area contributed by atoms with Gasteiger partial charge in [0.25, 0.3) is 0 Å². The molecular formula is C4H6NP. The van der Waals surface area contributed by atoms with Crippen molar-refractivity contribution in [1.29, 1.82) is 5.26 Å². The molecule has 0 amide bonds. The van der Waals surface area contributed by atoms with Crippen molar-refractivity contribution in [3.63, 3.8) is 0 Å². The topological polar surface area (TPSA) is 23.8 Å². The first kappa shape index (κ1) is 5.66. The maximum Gasteiger partial charge on any atom is 0.0841 e. The highest BCUT2D eigenvalue weighted by atomic mass is 31.1. The highest BCUT2D eigenvalue weighted by Gasteiger charge is 1.68. The van der Waals surface area contributed by atoms with Crippen molar-refractivity contribution in [3.05, 3.63) is 12.7 Å². The molecular weight excluding hydrogens is 93.0 g/mol. The molecule has 0 aromatic heterocycles. The van der Waals surface area contributed by atoms with E-state index in [9.17, 15) is 0 Å². The van der Waals surface area contributed by atoms with Gasteiger partial charge in [0.15, 0.2) is 0 Å². The summed E-state index contributed by atoms with van der Waals surface area (Å²) in [5.74, 6) is 2.03. The average molecular weight is 99.1 g/mol. The first-order valence-electron chi connectivity index (χ1n) is 1.64. The zero-order chi connectivity index (χ0) is 4.83. The number of nitriles is 1. The molecule has 0 radical (unpaired) electrons. The average Bonchev–Trinajstić information content (AvgIpc) is 1.61. The Hall–Kier alpha value is -0.340. The van der Waals surface area contributed by atoms with E-state index < -0.39 is 0 Å². The summed E-state index contributed by atoms with van der Waals surface area (Å²) >= 11 is 0. The summed E-state index contributed by atoms with van der Waals surface area (Å²) in [4.78, 5) is 0. The lowest BCUT2D eigenvalue weighted by molar-refractivity contribution is 1.56. The fourth-order valence-electron chi connectivity index (χ4n) is 0.118. The van der Waals surface area contributed by atoms with Gasteiger partial charge in [-0.3, -0.25) is 0 Å². The largest absolute Gasteiger partial charge is 0.194 e. The van der Waals surface area contributed by atoms with Gasteiger partial charge in [-0.2, -0.15) is 5.26 Å². The second-order valence-electron chi connectivity index (χ2n) is 0.781. The van der Waals surface area contributed by atoms with Gasteiger partial charge in [-0.05, 0) is 14.7 Å². The summed E-state index contributed by atoms with van der Waals surface area (Å²) in [5.41, 5.74) is 0. The van der Waals surface area contributed by atoms with Gasteiger partial charge in [-0.25, -0.2) is 0 Å². The summed E-state index contributed by atoms with van der Waals surface area (Å²) in [6.07, 6.45) is 2.60. The van der Waals surface area contributed by atoms with Crippen LogP contribution in [0.25, 0.3) is 0 Å². The van der Waals surface area contributed by atoms with Crippen molar-refractivity contribution in [2.24, 2.45) is 0 Å². The number of hydrogen-bond acceptors (Lipinski definition) is 1. The molecule has 0 aliphatic rings. The lowest BCUT2D eigenvalue weighted by atomic mass is 10.8. The van der Waals surface area contributed by atoms with Crippen LogP contribution in [0, 0.1) is 11.1 Å². The van der Waals surface area contributed by atoms with E-state index in [2.05, 4.69) is 6.58 Å². The minimum absolute atomic E-state index is 0.402. The second-order valence-corrected chi connectivity index (χ2v) is 1.77. The third kappa shape index (κ3) is 3.66. The Kier molecular flexibility index (Phi) is 4.40. The van der Waals surface area contributed by atoms with Crippen LogP contribution < -0.4 is 0 Å². The monoisotopic (exact) mass is 99.0 g/mol. The Bertz CT molecular complexity index is 72.1. The number of hydrogen-bond donors (Lipinski definition) is 0.